The Morgan fingerprint density at radius 2 is 1.93 bits per heavy atom. The second-order valence-corrected chi connectivity index (χ2v) is 4.76. The van der Waals surface area contributed by atoms with Crippen LogP contribution >= 0.6 is 0 Å². The van der Waals surface area contributed by atoms with Crippen molar-refractivity contribution in [1.29, 1.82) is 0 Å². The standard InChI is InChI=1S/C10H16O4/c1-10(2)5-6(9(13)14)3-7(10)4-8(11)12/h6-7H,3-5H2,1-2H3,(H,11,12)(H,13,14). The van der Waals surface area contributed by atoms with Gasteiger partial charge in [-0.3, -0.25) is 9.59 Å². The summed E-state index contributed by atoms with van der Waals surface area (Å²) in [7, 11) is 0. The van der Waals surface area contributed by atoms with Crippen LogP contribution in [0.1, 0.15) is 33.1 Å². The third-order valence-corrected chi connectivity index (χ3v) is 3.22. The molecule has 4 nitrogen and oxygen atoms in total. The fraction of sp³-hybridized carbons (Fsp3) is 0.800. The molecule has 2 N–H and O–H groups in total. The van der Waals surface area contributed by atoms with Crippen molar-refractivity contribution >= 4 is 11.9 Å². The molecular weight excluding hydrogens is 184 g/mol. The van der Waals surface area contributed by atoms with Gasteiger partial charge in [0.05, 0.1) is 5.92 Å². The SMILES string of the molecule is CC1(C)CC(C(=O)O)CC1CC(=O)O. The van der Waals surface area contributed by atoms with Gasteiger partial charge in [-0.2, -0.15) is 0 Å². The summed E-state index contributed by atoms with van der Waals surface area (Å²) in [5, 5.41) is 17.5. The van der Waals surface area contributed by atoms with Gasteiger partial charge in [0.2, 0.25) is 0 Å². The molecule has 1 rings (SSSR count). The number of hydrogen-bond acceptors (Lipinski definition) is 2. The molecule has 0 bridgehead atoms. The van der Waals surface area contributed by atoms with Crippen LogP contribution in [0.5, 0.6) is 0 Å². The van der Waals surface area contributed by atoms with Crippen molar-refractivity contribution in [2.24, 2.45) is 17.3 Å². The predicted octanol–water partition coefficient (Wildman–Crippen LogP) is 1.60. The summed E-state index contributed by atoms with van der Waals surface area (Å²) in [6, 6.07) is 0. The zero-order valence-electron chi connectivity index (χ0n) is 8.49. The van der Waals surface area contributed by atoms with Crippen LogP contribution in [0.3, 0.4) is 0 Å². The molecule has 0 saturated heterocycles. The normalized spacial score (nSPS) is 30.1. The van der Waals surface area contributed by atoms with E-state index in [2.05, 4.69) is 0 Å². The van der Waals surface area contributed by atoms with Gasteiger partial charge in [-0.15, -0.1) is 0 Å². The average Bonchev–Trinajstić information content (AvgIpc) is 2.26. The molecule has 1 saturated carbocycles. The number of carbonyl (C=O) groups is 2. The lowest BCUT2D eigenvalue weighted by atomic mass is 9.80. The van der Waals surface area contributed by atoms with Crippen molar-refractivity contribution in [2.75, 3.05) is 0 Å². The lowest BCUT2D eigenvalue weighted by Gasteiger charge is -2.25. The van der Waals surface area contributed by atoms with Gasteiger partial charge in [0.1, 0.15) is 0 Å². The zero-order chi connectivity index (χ0) is 10.9. The van der Waals surface area contributed by atoms with Gasteiger partial charge in [-0.05, 0) is 24.2 Å². The minimum absolute atomic E-state index is 0.0129. The first-order valence-corrected chi connectivity index (χ1v) is 4.77. The second-order valence-electron chi connectivity index (χ2n) is 4.76. The van der Waals surface area contributed by atoms with Gasteiger partial charge in [0.15, 0.2) is 0 Å². The molecule has 80 valence electrons. The summed E-state index contributed by atoms with van der Waals surface area (Å²) in [4.78, 5) is 21.3. The van der Waals surface area contributed by atoms with E-state index in [1.807, 2.05) is 13.8 Å². The Morgan fingerprint density at radius 1 is 1.36 bits per heavy atom. The maximum atomic E-state index is 10.8. The van der Waals surface area contributed by atoms with Crippen molar-refractivity contribution in [3.63, 3.8) is 0 Å². The quantitative estimate of drug-likeness (QED) is 0.725. The number of rotatable bonds is 3. The van der Waals surface area contributed by atoms with E-state index in [9.17, 15) is 9.59 Å². The van der Waals surface area contributed by atoms with Crippen LogP contribution < -0.4 is 0 Å². The highest BCUT2D eigenvalue weighted by Crippen LogP contribution is 2.47. The van der Waals surface area contributed by atoms with Gasteiger partial charge in [-0.1, -0.05) is 13.8 Å². The van der Waals surface area contributed by atoms with Crippen molar-refractivity contribution in [3.8, 4) is 0 Å². The van der Waals surface area contributed by atoms with Gasteiger partial charge < -0.3 is 10.2 Å². The molecule has 0 aromatic rings. The molecule has 0 radical (unpaired) electrons. The second kappa shape index (κ2) is 3.59. The van der Waals surface area contributed by atoms with E-state index in [0.717, 1.165) is 0 Å². The molecule has 0 spiro atoms. The highest BCUT2D eigenvalue weighted by atomic mass is 16.4. The first-order chi connectivity index (χ1) is 6.33. The van der Waals surface area contributed by atoms with E-state index < -0.39 is 11.9 Å². The summed E-state index contributed by atoms with van der Waals surface area (Å²) in [5.74, 6) is -2.02. The Labute approximate surface area is 82.9 Å². The van der Waals surface area contributed by atoms with E-state index in [1.165, 1.54) is 0 Å². The molecule has 1 aliphatic carbocycles. The molecule has 4 heteroatoms. The Balaban J connectivity index is 2.68. The van der Waals surface area contributed by atoms with Crippen LogP contribution in [0.25, 0.3) is 0 Å². The third-order valence-electron chi connectivity index (χ3n) is 3.22. The smallest absolute Gasteiger partial charge is 0.306 e. The molecule has 14 heavy (non-hydrogen) atoms. The number of carboxylic acids is 2. The summed E-state index contributed by atoms with van der Waals surface area (Å²) in [6.07, 6.45) is 1.16. The molecule has 2 unspecified atom stereocenters. The average molecular weight is 200 g/mol. The largest absolute Gasteiger partial charge is 0.481 e. The maximum absolute atomic E-state index is 10.8. The van der Waals surface area contributed by atoms with Crippen molar-refractivity contribution in [2.45, 2.75) is 33.1 Å². The van der Waals surface area contributed by atoms with Crippen LogP contribution in [0.2, 0.25) is 0 Å². The van der Waals surface area contributed by atoms with Crippen molar-refractivity contribution in [3.05, 3.63) is 0 Å². The molecule has 0 aromatic heterocycles. The Bertz CT molecular complexity index is 257. The maximum Gasteiger partial charge on any atom is 0.306 e. The zero-order valence-corrected chi connectivity index (χ0v) is 8.49. The molecule has 2 atom stereocenters. The minimum atomic E-state index is -0.839. The van der Waals surface area contributed by atoms with E-state index >= 15 is 0 Å². The van der Waals surface area contributed by atoms with Crippen LogP contribution in [0.15, 0.2) is 0 Å². The highest BCUT2D eigenvalue weighted by molar-refractivity contribution is 5.71. The highest BCUT2D eigenvalue weighted by Gasteiger charge is 2.43. The first-order valence-electron chi connectivity index (χ1n) is 4.77. The Morgan fingerprint density at radius 3 is 2.29 bits per heavy atom. The summed E-state index contributed by atoms with van der Waals surface area (Å²) in [5.41, 5.74) is -0.165. The van der Waals surface area contributed by atoms with Gasteiger partial charge >= 0.3 is 11.9 Å². The minimum Gasteiger partial charge on any atom is -0.481 e. The van der Waals surface area contributed by atoms with Crippen LogP contribution in [0, 0.1) is 17.3 Å². The van der Waals surface area contributed by atoms with Crippen LogP contribution in [-0.4, -0.2) is 22.2 Å². The van der Waals surface area contributed by atoms with Gasteiger partial charge in [0, 0.05) is 6.42 Å². The lowest BCUT2D eigenvalue weighted by molar-refractivity contribution is -0.142. The van der Waals surface area contributed by atoms with E-state index in [1.54, 1.807) is 0 Å². The molecule has 1 aliphatic rings. The first kappa shape index (κ1) is 11.0. The van der Waals surface area contributed by atoms with Gasteiger partial charge in [0.25, 0.3) is 0 Å². The van der Waals surface area contributed by atoms with Crippen LogP contribution in [-0.2, 0) is 9.59 Å². The van der Waals surface area contributed by atoms with E-state index in [-0.39, 0.29) is 23.7 Å². The van der Waals surface area contributed by atoms with Crippen molar-refractivity contribution < 1.29 is 19.8 Å². The predicted molar refractivity (Wildman–Crippen MR) is 49.9 cm³/mol. The third kappa shape index (κ3) is 2.25. The van der Waals surface area contributed by atoms with E-state index in [0.29, 0.717) is 12.8 Å². The van der Waals surface area contributed by atoms with E-state index in [4.69, 9.17) is 10.2 Å². The fourth-order valence-corrected chi connectivity index (χ4v) is 2.31. The molecular formula is C10H16O4. The Kier molecular flexibility index (Phi) is 2.83. The summed E-state index contributed by atoms with van der Waals surface area (Å²) >= 11 is 0. The molecule has 0 amide bonds. The van der Waals surface area contributed by atoms with Gasteiger partial charge in [-0.25, -0.2) is 0 Å². The Hall–Kier alpha value is -1.06. The molecule has 1 fully saturated rings. The number of hydrogen-bond donors (Lipinski definition) is 2. The number of carboxylic acid groups (broad SMARTS) is 2. The molecule has 0 aromatic carbocycles. The summed E-state index contributed by atoms with van der Waals surface area (Å²) in [6.45, 7) is 3.90. The molecule has 0 heterocycles. The number of aliphatic carboxylic acids is 2. The monoisotopic (exact) mass is 200 g/mol. The summed E-state index contributed by atoms with van der Waals surface area (Å²) < 4.78 is 0. The lowest BCUT2D eigenvalue weighted by Crippen LogP contribution is -2.20. The van der Waals surface area contributed by atoms with Crippen molar-refractivity contribution in [1.82, 2.24) is 0 Å². The molecule has 0 aliphatic heterocycles. The fourth-order valence-electron chi connectivity index (χ4n) is 2.31. The topological polar surface area (TPSA) is 74.6 Å². The van der Waals surface area contributed by atoms with Crippen LogP contribution in [0.4, 0.5) is 0 Å².